The molecular weight excluding hydrogens is 384 g/mol. The van der Waals surface area contributed by atoms with Gasteiger partial charge in [-0.25, -0.2) is 0 Å². The van der Waals surface area contributed by atoms with E-state index >= 15 is 0 Å². The second kappa shape index (κ2) is 17.6. The molecule has 1 aromatic rings. The van der Waals surface area contributed by atoms with E-state index in [1.165, 1.54) is 89.9 Å². The lowest BCUT2D eigenvalue weighted by molar-refractivity contribution is 0.474. The quantitative estimate of drug-likeness (QED) is 0.179. The zero-order valence-corrected chi connectivity index (χ0v) is 18.4. The molecule has 0 fully saturated rings. The van der Waals surface area contributed by atoms with Crippen LogP contribution >= 0.6 is 15.9 Å². The molecule has 148 valence electrons. The molecule has 0 aliphatic carbocycles. The zero-order chi connectivity index (χ0) is 18.7. The second-order valence-corrected chi connectivity index (χ2v) is 8.16. The summed E-state index contributed by atoms with van der Waals surface area (Å²) in [6, 6.07) is 7.95. The minimum absolute atomic E-state index is 0.879. The fourth-order valence-corrected chi connectivity index (χ4v) is 3.56. The van der Waals surface area contributed by atoms with Crippen molar-refractivity contribution in [2.75, 3.05) is 0 Å². The van der Waals surface area contributed by atoms with E-state index in [0.717, 1.165) is 16.6 Å². The van der Waals surface area contributed by atoms with Crippen molar-refractivity contribution in [3.63, 3.8) is 0 Å². The minimum Gasteiger partial charge on any atom is -0.464 e. The van der Waals surface area contributed by atoms with Crippen molar-refractivity contribution in [3.8, 4) is 5.75 Å². The van der Waals surface area contributed by atoms with Gasteiger partial charge in [-0.05, 0) is 47.0 Å². The molecule has 1 nitrogen and oxygen atoms in total. The van der Waals surface area contributed by atoms with E-state index in [-0.39, 0.29) is 0 Å². The maximum Gasteiger partial charge on any atom is 0.140 e. The van der Waals surface area contributed by atoms with Crippen LogP contribution in [0.2, 0.25) is 0 Å². The number of halogens is 1. The molecule has 0 aliphatic rings. The van der Waals surface area contributed by atoms with Crippen LogP contribution in [-0.4, -0.2) is 0 Å². The van der Waals surface area contributed by atoms with Gasteiger partial charge in [0, 0.05) is 0 Å². The number of ether oxygens (including phenoxy) is 1. The van der Waals surface area contributed by atoms with Crippen LogP contribution < -0.4 is 4.74 Å². The van der Waals surface area contributed by atoms with E-state index in [1.54, 1.807) is 0 Å². The number of unbranched alkanes of at least 4 members (excludes halogenated alkanes) is 14. The highest BCUT2D eigenvalue weighted by atomic mass is 79.9. The first-order chi connectivity index (χ1) is 12.8. The minimum atomic E-state index is 0.879. The Labute approximate surface area is 170 Å². The molecule has 0 radical (unpaired) electrons. The highest BCUT2D eigenvalue weighted by Crippen LogP contribution is 2.23. The molecule has 1 aromatic carbocycles. The molecule has 0 aromatic heterocycles. The van der Waals surface area contributed by atoms with Crippen molar-refractivity contribution in [2.24, 2.45) is 0 Å². The van der Waals surface area contributed by atoms with Gasteiger partial charge in [-0.3, -0.25) is 0 Å². The Morgan fingerprint density at radius 1 is 0.731 bits per heavy atom. The van der Waals surface area contributed by atoms with Crippen LogP contribution in [0.1, 0.15) is 103 Å². The largest absolute Gasteiger partial charge is 0.464 e. The maximum absolute atomic E-state index is 5.63. The highest BCUT2D eigenvalue weighted by Gasteiger charge is 1.96. The smallest absolute Gasteiger partial charge is 0.140 e. The fourth-order valence-electron chi connectivity index (χ4n) is 3.19. The monoisotopic (exact) mass is 422 g/mol. The van der Waals surface area contributed by atoms with E-state index in [4.69, 9.17) is 4.74 Å². The highest BCUT2D eigenvalue weighted by molar-refractivity contribution is 9.10. The van der Waals surface area contributed by atoms with Gasteiger partial charge in [-0.2, -0.15) is 0 Å². The van der Waals surface area contributed by atoms with E-state index < -0.39 is 0 Å². The van der Waals surface area contributed by atoms with E-state index in [0.29, 0.717) is 0 Å². The summed E-state index contributed by atoms with van der Waals surface area (Å²) in [5.74, 6) is 0.879. The summed E-state index contributed by atoms with van der Waals surface area (Å²) in [7, 11) is 0. The first-order valence-corrected chi connectivity index (χ1v) is 11.7. The van der Waals surface area contributed by atoms with E-state index in [9.17, 15) is 0 Å². The van der Waals surface area contributed by atoms with Crippen LogP contribution in [0, 0.1) is 0 Å². The van der Waals surface area contributed by atoms with Crippen molar-refractivity contribution in [1.82, 2.24) is 0 Å². The van der Waals surface area contributed by atoms with Crippen LogP contribution in [0.5, 0.6) is 5.75 Å². The number of rotatable bonds is 17. The summed E-state index contributed by atoms with van der Waals surface area (Å²) in [5.41, 5.74) is 0. The number of hydrogen-bond acceptors (Lipinski definition) is 1. The van der Waals surface area contributed by atoms with Crippen molar-refractivity contribution >= 4 is 15.9 Å². The Kier molecular flexibility index (Phi) is 15.8. The molecule has 2 heteroatoms. The molecule has 0 bridgehead atoms. The lowest BCUT2D eigenvalue weighted by Gasteiger charge is -2.03. The first kappa shape index (κ1) is 23.3. The summed E-state index contributed by atoms with van der Waals surface area (Å²) in [4.78, 5) is 0. The molecule has 0 saturated carbocycles. The van der Waals surface area contributed by atoms with Gasteiger partial charge in [0.1, 0.15) is 5.75 Å². The Morgan fingerprint density at radius 3 is 1.77 bits per heavy atom. The SMILES string of the molecule is CCCCCCCCCCCCCCCCC=COc1ccccc1Br. The third-order valence-electron chi connectivity index (χ3n) is 4.85. The number of hydrogen-bond donors (Lipinski definition) is 0. The van der Waals surface area contributed by atoms with Crippen LogP contribution in [-0.2, 0) is 0 Å². The van der Waals surface area contributed by atoms with Crippen molar-refractivity contribution in [3.05, 3.63) is 41.1 Å². The van der Waals surface area contributed by atoms with Gasteiger partial charge in [0.05, 0.1) is 10.7 Å². The molecule has 0 atom stereocenters. The Morgan fingerprint density at radius 2 is 1.23 bits per heavy atom. The van der Waals surface area contributed by atoms with Crippen molar-refractivity contribution in [2.45, 2.75) is 103 Å². The Bertz CT molecular complexity index is 455. The predicted molar refractivity (Wildman–Crippen MR) is 119 cm³/mol. The zero-order valence-electron chi connectivity index (χ0n) is 16.9. The van der Waals surface area contributed by atoms with Crippen molar-refractivity contribution in [1.29, 1.82) is 0 Å². The topological polar surface area (TPSA) is 9.23 Å². The second-order valence-electron chi connectivity index (χ2n) is 7.30. The van der Waals surface area contributed by atoms with Gasteiger partial charge >= 0.3 is 0 Å². The van der Waals surface area contributed by atoms with Gasteiger partial charge in [0.15, 0.2) is 0 Å². The third kappa shape index (κ3) is 13.4. The van der Waals surface area contributed by atoms with Crippen LogP contribution in [0.3, 0.4) is 0 Å². The molecule has 1 rings (SSSR count). The summed E-state index contributed by atoms with van der Waals surface area (Å²) < 4.78 is 6.63. The van der Waals surface area contributed by atoms with Gasteiger partial charge in [-0.15, -0.1) is 0 Å². The number of allylic oxidation sites excluding steroid dienone is 1. The number of benzene rings is 1. The average Bonchev–Trinajstić information content (AvgIpc) is 2.65. The van der Waals surface area contributed by atoms with E-state index in [1.807, 2.05) is 30.5 Å². The third-order valence-corrected chi connectivity index (χ3v) is 5.51. The van der Waals surface area contributed by atoms with Crippen LogP contribution in [0.25, 0.3) is 0 Å². The standard InChI is InChI=1S/C24H39BrO/c1-2-3-4-5-6-7-8-9-10-11-12-13-14-15-16-19-22-26-24-21-18-17-20-23(24)25/h17-22H,2-16H2,1H3. The molecule has 0 aliphatic heterocycles. The van der Waals surface area contributed by atoms with Gasteiger partial charge < -0.3 is 4.74 Å². The molecular formula is C24H39BrO. The maximum atomic E-state index is 5.63. The molecule has 0 spiro atoms. The Hall–Kier alpha value is -0.760. The van der Waals surface area contributed by atoms with E-state index in [2.05, 4.69) is 28.9 Å². The van der Waals surface area contributed by atoms with Crippen molar-refractivity contribution < 1.29 is 4.74 Å². The Balaban J connectivity index is 1.79. The first-order valence-electron chi connectivity index (χ1n) is 10.9. The average molecular weight is 423 g/mol. The molecule has 26 heavy (non-hydrogen) atoms. The normalized spacial score (nSPS) is 11.3. The predicted octanol–water partition coefficient (Wildman–Crippen LogP) is 9.21. The van der Waals surface area contributed by atoms with Gasteiger partial charge in [0.25, 0.3) is 0 Å². The fraction of sp³-hybridized carbons (Fsp3) is 0.667. The molecule has 0 amide bonds. The summed E-state index contributed by atoms with van der Waals surface area (Å²) in [5, 5.41) is 0. The molecule has 0 saturated heterocycles. The van der Waals surface area contributed by atoms with Gasteiger partial charge in [0.2, 0.25) is 0 Å². The lowest BCUT2D eigenvalue weighted by atomic mass is 10.0. The lowest BCUT2D eigenvalue weighted by Crippen LogP contribution is -1.84. The molecule has 0 heterocycles. The number of para-hydroxylation sites is 1. The summed E-state index contributed by atoms with van der Waals surface area (Å²) >= 11 is 3.49. The van der Waals surface area contributed by atoms with Crippen LogP contribution in [0.15, 0.2) is 41.1 Å². The molecule has 0 N–H and O–H groups in total. The van der Waals surface area contributed by atoms with Crippen LogP contribution in [0.4, 0.5) is 0 Å². The molecule has 0 unspecified atom stereocenters. The summed E-state index contributed by atoms with van der Waals surface area (Å²) in [6.45, 7) is 2.29. The summed E-state index contributed by atoms with van der Waals surface area (Å²) in [6.07, 6.45) is 24.8. The van der Waals surface area contributed by atoms with Gasteiger partial charge in [-0.1, -0.05) is 103 Å².